The van der Waals surface area contributed by atoms with Crippen LogP contribution in [0.3, 0.4) is 0 Å². The number of halogens is 1. The highest BCUT2D eigenvalue weighted by molar-refractivity contribution is 5.86. The van der Waals surface area contributed by atoms with Crippen molar-refractivity contribution in [2.24, 2.45) is 0 Å². The maximum atomic E-state index is 12.9. The molecule has 1 heterocycles. The van der Waals surface area contributed by atoms with E-state index in [1.54, 1.807) is 19.1 Å². The average Bonchev–Trinajstić information content (AvgIpc) is 2.95. The van der Waals surface area contributed by atoms with E-state index in [1.165, 1.54) is 12.1 Å². The number of esters is 1. The molecule has 0 spiro atoms. The molecule has 7 nitrogen and oxygen atoms in total. The summed E-state index contributed by atoms with van der Waals surface area (Å²) in [5, 5.41) is 2.49. The number of rotatable bonds is 5. The van der Waals surface area contributed by atoms with Crippen LogP contribution in [0.2, 0.25) is 0 Å². The Morgan fingerprint density at radius 3 is 2.67 bits per heavy atom. The molecule has 21 heavy (non-hydrogen) atoms. The Hall–Kier alpha value is -2.03. The smallest absolute Gasteiger partial charge is 0.325 e. The van der Waals surface area contributed by atoms with Crippen LogP contribution in [0.1, 0.15) is 18.5 Å². The summed E-state index contributed by atoms with van der Waals surface area (Å²) in [7, 11) is 0. The van der Waals surface area contributed by atoms with Gasteiger partial charge in [-0.05, 0) is 24.6 Å². The van der Waals surface area contributed by atoms with Crippen LogP contribution < -0.4 is 21.7 Å². The lowest BCUT2D eigenvalue weighted by Gasteiger charge is -2.17. The summed E-state index contributed by atoms with van der Waals surface area (Å²) < 4.78 is 17.7. The second kappa shape index (κ2) is 7.11. The van der Waals surface area contributed by atoms with E-state index in [-0.39, 0.29) is 30.9 Å². The summed E-state index contributed by atoms with van der Waals surface area (Å²) in [6, 6.07) is 4.81. The van der Waals surface area contributed by atoms with Crippen LogP contribution in [-0.2, 0) is 14.3 Å². The third-order valence-electron chi connectivity index (χ3n) is 3.01. The number of hydrogen-bond acceptors (Lipinski definition) is 6. The Labute approximate surface area is 121 Å². The number of nitrogens with one attached hydrogen (secondary N) is 4. The normalized spacial score (nSPS) is 21.0. The maximum Gasteiger partial charge on any atom is 0.325 e. The number of hydrazine groups is 2. The molecule has 1 fully saturated rings. The van der Waals surface area contributed by atoms with E-state index in [4.69, 9.17) is 4.74 Å². The molecule has 0 saturated carbocycles. The van der Waals surface area contributed by atoms with Crippen LogP contribution >= 0.6 is 0 Å². The molecule has 1 aromatic rings. The summed E-state index contributed by atoms with van der Waals surface area (Å²) in [6.07, 6.45) is 0. The number of carbonyl (C=O) groups is 2. The van der Waals surface area contributed by atoms with E-state index in [0.29, 0.717) is 0 Å². The minimum atomic E-state index is -0.634. The maximum absolute atomic E-state index is 12.9. The van der Waals surface area contributed by atoms with Crippen LogP contribution in [0.5, 0.6) is 0 Å². The quantitative estimate of drug-likeness (QED) is 0.549. The lowest BCUT2D eigenvalue weighted by Crippen LogP contribution is -2.46. The Kier molecular flexibility index (Phi) is 5.20. The van der Waals surface area contributed by atoms with Crippen molar-refractivity contribution in [3.05, 3.63) is 35.6 Å². The molecular weight excluding hydrogens is 279 g/mol. The number of benzene rings is 1. The molecule has 4 N–H and O–H groups in total. The summed E-state index contributed by atoms with van der Waals surface area (Å²) >= 11 is 0. The first-order valence-corrected chi connectivity index (χ1v) is 6.56. The van der Waals surface area contributed by atoms with Crippen LogP contribution in [-0.4, -0.2) is 31.1 Å². The first kappa shape index (κ1) is 15.4. The van der Waals surface area contributed by atoms with Gasteiger partial charge in [0.1, 0.15) is 18.4 Å². The predicted octanol–water partition coefficient (Wildman–Crippen LogP) is -0.473. The Bertz CT molecular complexity index is 509. The van der Waals surface area contributed by atoms with Gasteiger partial charge < -0.3 is 10.1 Å². The van der Waals surface area contributed by atoms with Crippen molar-refractivity contribution in [3.8, 4) is 0 Å². The van der Waals surface area contributed by atoms with Crippen molar-refractivity contribution < 1.29 is 18.7 Å². The molecule has 0 aliphatic carbocycles. The number of carbonyl (C=O) groups excluding carboxylic acids is 2. The number of amides is 1. The van der Waals surface area contributed by atoms with Crippen molar-refractivity contribution in [1.82, 2.24) is 21.7 Å². The van der Waals surface area contributed by atoms with Gasteiger partial charge in [-0.25, -0.2) is 15.2 Å². The van der Waals surface area contributed by atoms with Gasteiger partial charge in [0, 0.05) is 0 Å². The van der Waals surface area contributed by atoms with Gasteiger partial charge >= 0.3 is 5.97 Å². The fourth-order valence-electron chi connectivity index (χ4n) is 2.01. The topological polar surface area (TPSA) is 91.5 Å². The van der Waals surface area contributed by atoms with Gasteiger partial charge in [-0.2, -0.15) is 5.53 Å². The highest BCUT2D eigenvalue weighted by atomic mass is 19.1. The van der Waals surface area contributed by atoms with Crippen LogP contribution in [0.25, 0.3) is 0 Å². The van der Waals surface area contributed by atoms with Gasteiger partial charge in [-0.3, -0.25) is 9.59 Å². The summed E-state index contributed by atoms with van der Waals surface area (Å²) in [6.45, 7) is 1.76. The van der Waals surface area contributed by atoms with E-state index >= 15 is 0 Å². The minimum absolute atomic E-state index is 0.193. The zero-order chi connectivity index (χ0) is 15.2. The monoisotopic (exact) mass is 296 g/mol. The number of hydrogen-bond donors (Lipinski definition) is 4. The van der Waals surface area contributed by atoms with Gasteiger partial charge in [0.2, 0.25) is 5.91 Å². The number of ether oxygens (including phenoxy) is 1. The van der Waals surface area contributed by atoms with Crippen molar-refractivity contribution in [3.63, 3.8) is 0 Å². The molecule has 0 bridgehead atoms. The molecule has 1 saturated heterocycles. The Morgan fingerprint density at radius 2 is 2.00 bits per heavy atom. The molecule has 2 unspecified atom stereocenters. The molecule has 114 valence electrons. The van der Waals surface area contributed by atoms with E-state index in [9.17, 15) is 14.0 Å². The van der Waals surface area contributed by atoms with Crippen molar-refractivity contribution in [2.75, 3.05) is 13.2 Å². The standard InChI is InChI=1S/C13H17FN4O3/c1-2-21-10(19)7-15-13(20)12-11(16-18-17-12)8-3-5-9(14)6-4-8/h3-6,11-12,16-18H,2,7H2,1H3,(H,15,20). The van der Waals surface area contributed by atoms with Crippen molar-refractivity contribution in [2.45, 2.75) is 19.0 Å². The lowest BCUT2D eigenvalue weighted by atomic mass is 10.0. The average molecular weight is 296 g/mol. The molecule has 1 aliphatic heterocycles. The molecule has 0 radical (unpaired) electrons. The van der Waals surface area contributed by atoms with Gasteiger partial charge in [-0.15, -0.1) is 0 Å². The molecule has 2 rings (SSSR count). The van der Waals surface area contributed by atoms with E-state index in [2.05, 4.69) is 21.7 Å². The Morgan fingerprint density at radius 1 is 1.29 bits per heavy atom. The minimum Gasteiger partial charge on any atom is -0.465 e. The SMILES string of the molecule is CCOC(=O)CNC(=O)C1NNNC1c1ccc(F)cc1. The summed E-state index contributed by atoms with van der Waals surface area (Å²) in [5.74, 6) is -1.21. The zero-order valence-electron chi connectivity index (χ0n) is 11.5. The van der Waals surface area contributed by atoms with E-state index < -0.39 is 12.0 Å². The first-order valence-electron chi connectivity index (χ1n) is 6.56. The van der Waals surface area contributed by atoms with Gasteiger partial charge in [0.25, 0.3) is 0 Å². The Balaban J connectivity index is 1.96. The van der Waals surface area contributed by atoms with Gasteiger partial charge in [0.05, 0.1) is 12.6 Å². The fraction of sp³-hybridized carbons (Fsp3) is 0.385. The second-order valence-electron chi connectivity index (χ2n) is 4.44. The third kappa shape index (κ3) is 3.97. The molecule has 1 amide bonds. The van der Waals surface area contributed by atoms with Crippen molar-refractivity contribution in [1.29, 1.82) is 0 Å². The van der Waals surface area contributed by atoms with Crippen LogP contribution in [0.4, 0.5) is 4.39 Å². The zero-order valence-corrected chi connectivity index (χ0v) is 11.5. The van der Waals surface area contributed by atoms with E-state index in [1.807, 2.05) is 0 Å². The van der Waals surface area contributed by atoms with Gasteiger partial charge in [-0.1, -0.05) is 12.1 Å². The molecule has 1 aliphatic rings. The largest absolute Gasteiger partial charge is 0.465 e. The second-order valence-corrected chi connectivity index (χ2v) is 4.44. The predicted molar refractivity (Wildman–Crippen MR) is 72.0 cm³/mol. The fourth-order valence-corrected chi connectivity index (χ4v) is 2.01. The summed E-state index contributed by atoms with van der Waals surface area (Å²) in [5.41, 5.74) is 9.03. The molecule has 0 aromatic heterocycles. The van der Waals surface area contributed by atoms with E-state index in [0.717, 1.165) is 5.56 Å². The third-order valence-corrected chi connectivity index (χ3v) is 3.01. The highest BCUT2D eigenvalue weighted by Gasteiger charge is 2.33. The lowest BCUT2D eigenvalue weighted by molar-refractivity contribution is -0.143. The van der Waals surface area contributed by atoms with Crippen LogP contribution in [0.15, 0.2) is 24.3 Å². The summed E-state index contributed by atoms with van der Waals surface area (Å²) in [4.78, 5) is 23.3. The highest BCUT2D eigenvalue weighted by Crippen LogP contribution is 2.19. The molecule has 1 aromatic carbocycles. The molecule has 2 atom stereocenters. The van der Waals surface area contributed by atoms with Crippen LogP contribution in [0, 0.1) is 5.82 Å². The van der Waals surface area contributed by atoms with Gasteiger partial charge in [0.15, 0.2) is 0 Å². The molecule has 8 heteroatoms. The molecular formula is C13H17FN4O3. The first-order chi connectivity index (χ1) is 10.1. The van der Waals surface area contributed by atoms with Crippen molar-refractivity contribution >= 4 is 11.9 Å².